The summed E-state index contributed by atoms with van der Waals surface area (Å²) in [5, 5.41) is 0. The van der Waals surface area contributed by atoms with Gasteiger partial charge in [0, 0.05) is 57.3 Å². The second-order valence-corrected chi connectivity index (χ2v) is 7.63. The molecule has 1 saturated heterocycles. The lowest BCUT2D eigenvalue weighted by molar-refractivity contribution is 0.216. The molecule has 1 atom stereocenters. The van der Waals surface area contributed by atoms with Crippen LogP contribution >= 0.6 is 0 Å². The second-order valence-electron chi connectivity index (χ2n) is 7.63. The standard InChI is InChI=1S/C23H25N5/c1-2-7-19(8-3-1)15-26-13-14-28-21(17-26)18-27(23-24-11-6-12-25-23)16-20-9-4-5-10-22(20)28/h1-12,21H,13-18H2. The molecule has 5 heteroatoms. The molecule has 3 heterocycles. The molecule has 0 N–H and O–H groups in total. The molecular formula is C23H25N5. The van der Waals surface area contributed by atoms with Crippen molar-refractivity contribution in [2.24, 2.45) is 0 Å². The van der Waals surface area contributed by atoms with E-state index in [0.717, 1.165) is 45.2 Å². The van der Waals surface area contributed by atoms with Gasteiger partial charge in [0.15, 0.2) is 0 Å². The van der Waals surface area contributed by atoms with Gasteiger partial charge in [-0.3, -0.25) is 4.90 Å². The van der Waals surface area contributed by atoms with E-state index < -0.39 is 0 Å². The second kappa shape index (κ2) is 7.60. The average Bonchev–Trinajstić information content (AvgIpc) is 2.92. The van der Waals surface area contributed by atoms with Crippen molar-refractivity contribution >= 4 is 11.6 Å². The van der Waals surface area contributed by atoms with Crippen LogP contribution in [-0.2, 0) is 13.1 Å². The summed E-state index contributed by atoms with van der Waals surface area (Å²) in [5.74, 6) is 0.819. The minimum Gasteiger partial charge on any atom is -0.364 e. The van der Waals surface area contributed by atoms with E-state index in [1.54, 1.807) is 0 Å². The smallest absolute Gasteiger partial charge is 0.225 e. The fraction of sp³-hybridized carbons (Fsp3) is 0.304. The first-order valence-electron chi connectivity index (χ1n) is 9.99. The van der Waals surface area contributed by atoms with Gasteiger partial charge in [-0.1, -0.05) is 48.5 Å². The third-order valence-electron chi connectivity index (χ3n) is 5.74. The summed E-state index contributed by atoms with van der Waals surface area (Å²) in [7, 11) is 0. The van der Waals surface area contributed by atoms with Crippen molar-refractivity contribution in [2.45, 2.75) is 19.1 Å². The molecule has 0 aliphatic carbocycles. The molecule has 0 saturated carbocycles. The van der Waals surface area contributed by atoms with Crippen LogP contribution in [0.3, 0.4) is 0 Å². The first-order chi connectivity index (χ1) is 13.9. The molecule has 2 aliphatic heterocycles. The lowest BCUT2D eigenvalue weighted by Crippen LogP contribution is -2.56. The van der Waals surface area contributed by atoms with Crippen LogP contribution in [0.5, 0.6) is 0 Å². The van der Waals surface area contributed by atoms with E-state index in [9.17, 15) is 0 Å². The molecule has 0 spiro atoms. The van der Waals surface area contributed by atoms with Crippen LogP contribution < -0.4 is 9.80 Å². The Morgan fingerprint density at radius 3 is 2.46 bits per heavy atom. The highest BCUT2D eigenvalue weighted by Crippen LogP contribution is 2.31. The Kier molecular flexibility index (Phi) is 4.67. The molecule has 5 nitrogen and oxygen atoms in total. The van der Waals surface area contributed by atoms with Crippen molar-refractivity contribution in [2.75, 3.05) is 36.0 Å². The number of rotatable bonds is 3. The zero-order valence-corrected chi connectivity index (χ0v) is 16.0. The fourth-order valence-electron chi connectivity index (χ4n) is 4.43. The molecule has 2 aromatic carbocycles. The number of fused-ring (bicyclic) bond motifs is 3. The van der Waals surface area contributed by atoms with Crippen molar-refractivity contribution in [1.82, 2.24) is 14.9 Å². The molecule has 0 amide bonds. The van der Waals surface area contributed by atoms with Gasteiger partial charge in [0.05, 0.1) is 6.04 Å². The predicted octanol–water partition coefficient (Wildman–Crippen LogP) is 3.19. The van der Waals surface area contributed by atoms with Crippen LogP contribution in [0, 0.1) is 0 Å². The molecule has 5 rings (SSSR count). The Bertz CT molecular complexity index is 915. The van der Waals surface area contributed by atoms with Gasteiger partial charge in [-0.15, -0.1) is 0 Å². The maximum atomic E-state index is 4.52. The maximum Gasteiger partial charge on any atom is 0.225 e. The lowest BCUT2D eigenvalue weighted by Gasteiger charge is -2.43. The molecule has 1 fully saturated rings. The molecule has 0 bridgehead atoms. The maximum absolute atomic E-state index is 4.52. The van der Waals surface area contributed by atoms with E-state index in [1.165, 1.54) is 16.8 Å². The summed E-state index contributed by atoms with van der Waals surface area (Å²) in [5.41, 5.74) is 4.10. The van der Waals surface area contributed by atoms with Crippen molar-refractivity contribution in [1.29, 1.82) is 0 Å². The number of benzene rings is 2. The first kappa shape index (κ1) is 17.2. The van der Waals surface area contributed by atoms with E-state index in [-0.39, 0.29) is 0 Å². The van der Waals surface area contributed by atoms with Crippen molar-refractivity contribution in [3.05, 3.63) is 84.2 Å². The molecule has 0 radical (unpaired) electrons. The molecule has 28 heavy (non-hydrogen) atoms. The third-order valence-corrected chi connectivity index (χ3v) is 5.74. The quantitative estimate of drug-likeness (QED) is 0.707. The number of nitrogens with zero attached hydrogens (tertiary/aromatic N) is 5. The monoisotopic (exact) mass is 371 g/mol. The van der Waals surface area contributed by atoms with E-state index in [0.29, 0.717) is 6.04 Å². The van der Waals surface area contributed by atoms with Gasteiger partial charge in [-0.25, -0.2) is 9.97 Å². The molecule has 142 valence electrons. The van der Waals surface area contributed by atoms with Gasteiger partial charge in [-0.05, 0) is 23.3 Å². The van der Waals surface area contributed by atoms with E-state index in [1.807, 2.05) is 18.5 Å². The molecule has 3 aromatic rings. The molecule has 1 aromatic heterocycles. The summed E-state index contributed by atoms with van der Waals surface area (Å²) in [6.45, 7) is 5.98. The Hall–Kier alpha value is -2.92. The summed E-state index contributed by atoms with van der Waals surface area (Å²) in [6, 6.07) is 21.9. The third kappa shape index (κ3) is 3.45. The number of piperazine rings is 1. The van der Waals surface area contributed by atoms with Crippen molar-refractivity contribution < 1.29 is 0 Å². The Morgan fingerprint density at radius 2 is 1.61 bits per heavy atom. The van der Waals surface area contributed by atoms with Gasteiger partial charge in [0.1, 0.15) is 0 Å². The Labute approximate surface area is 166 Å². The van der Waals surface area contributed by atoms with Crippen LogP contribution in [0.1, 0.15) is 11.1 Å². The Morgan fingerprint density at radius 1 is 0.821 bits per heavy atom. The number of aromatic nitrogens is 2. The van der Waals surface area contributed by atoms with Gasteiger partial charge in [0.2, 0.25) is 5.95 Å². The van der Waals surface area contributed by atoms with Gasteiger partial charge < -0.3 is 9.80 Å². The Balaban J connectivity index is 1.42. The van der Waals surface area contributed by atoms with E-state index >= 15 is 0 Å². The molecule has 1 unspecified atom stereocenters. The zero-order chi connectivity index (χ0) is 18.8. The molecular weight excluding hydrogens is 346 g/mol. The summed E-state index contributed by atoms with van der Waals surface area (Å²) < 4.78 is 0. The largest absolute Gasteiger partial charge is 0.364 e. The van der Waals surface area contributed by atoms with Crippen LogP contribution in [0.15, 0.2) is 73.1 Å². The van der Waals surface area contributed by atoms with Crippen LogP contribution in [0.4, 0.5) is 11.6 Å². The topological polar surface area (TPSA) is 35.5 Å². The van der Waals surface area contributed by atoms with Crippen LogP contribution in [0.25, 0.3) is 0 Å². The normalized spacial score (nSPS) is 19.6. The minimum absolute atomic E-state index is 0.421. The van der Waals surface area contributed by atoms with Crippen LogP contribution in [0.2, 0.25) is 0 Å². The zero-order valence-electron chi connectivity index (χ0n) is 16.0. The number of anilines is 2. The highest BCUT2D eigenvalue weighted by atomic mass is 15.3. The molecule has 2 aliphatic rings. The fourth-order valence-corrected chi connectivity index (χ4v) is 4.43. The number of hydrogen-bond acceptors (Lipinski definition) is 5. The van der Waals surface area contributed by atoms with Crippen molar-refractivity contribution in [3.8, 4) is 0 Å². The lowest BCUT2D eigenvalue weighted by atomic mass is 10.1. The minimum atomic E-state index is 0.421. The summed E-state index contributed by atoms with van der Waals surface area (Å²) in [6.07, 6.45) is 3.67. The number of hydrogen-bond donors (Lipinski definition) is 0. The van der Waals surface area contributed by atoms with Crippen molar-refractivity contribution in [3.63, 3.8) is 0 Å². The predicted molar refractivity (Wildman–Crippen MR) is 112 cm³/mol. The van der Waals surface area contributed by atoms with Gasteiger partial charge >= 0.3 is 0 Å². The number of para-hydroxylation sites is 1. The van der Waals surface area contributed by atoms with Gasteiger partial charge in [-0.2, -0.15) is 0 Å². The summed E-state index contributed by atoms with van der Waals surface area (Å²) in [4.78, 5) is 16.6. The highest BCUT2D eigenvalue weighted by Gasteiger charge is 2.33. The summed E-state index contributed by atoms with van der Waals surface area (Å²) >= 11 is 0. The van der Waals surface area contributed by atoms with Crippen LogP contribution in [-0.4, -0.2) is 47.1 Å². The highest BCUT2D eigenvalue weighted by molar-refractivity contribution is 5.58. The average molecular weight is 371 g/mol. The van der Waals surface area contributed by atoms with Gasteiger partial charge in [0.25, 0.3) is 0 Å². The van der Waals surface area contributed by atoms with E-state index in [4.69, 9.17) is 0 Å². The SMILES string of the molecule is c1ccc(CN2CCN3c4ccccc4CN(c4ncccn4)CC3C2)cc1. The first-order valence-corrected chi connectivity index (χ1v) is 9.99. The van der Waals surface area contributed by atoms with E-state index in [2.05, 4.69) is 79.3 Å².